The molecular formula is C21H20O5. The van der Waals surface area contributed by atoms with Crippen molar-refractivity contribution in [1.29, 1.82) is 0 Å². The summed E-state index contributed by atoms with van der Waals surface area (Å²) in [5, 5.41) is 11.9. The van der Waals surface area contributed by atoms with Crippen LogP contribution < -0.4 is 9.47 Å². The molecule has 0 saturated heterocycles. The Kier molecular flexibility index (Phi) is 4.98. The zero-order valence-corrected chi connectivity index (χ0v) is 14.9. The van der Waals surface area contributed by atoms with Gasteiger partial charge in [-0.05, 0) is 59.8 Å². The fourth-order valence-corrected chi connectivity index (χ4v) is 2.89. The second-order valence-electron chi connectivity index (χ2n) is 5.68. The van der Waals surface area contributed by atoms with Crippen LogP contribution in [0.5, 0.6) is 17.2 Å². The first-order valence-electron chi connectivity index (χ1n) is 8.24. The Hall–Kier alpha value is -3.21. The summed E-state index contributed by atoms with van der Waals surface area (Å²) in [7, 11) is 3.19. The highest BCUT2D eigenvalue weighted by Crippen LogP contribution is 2.39. The van der Waals surface area contributed by atoms with Crippen molar-refractivity contribution in [3.63, 3.8) is 0 Å². The van der Waals surface area contributed by atoms with Crippen molar-refractivity contribution in [2.75, 3.05) is 20.8 Å². The van der Waals surface area contributed by atoms with Gasteiger partial charge in [-0.25, -0.2) is 4.79 Å². The Morgan fingerprint density at radius 3 is 2.19 bits per heavy atom. The van der Waals surface area contributed by atoms with E-state index in [1.807, 2.05) is 30.3 Å². The number of hydrogen-bond acceptors (Lipinski definition) is 5. The van der Waals surface area contributed by atoms with Gasteiger partial charge in [0.2, 0.25) is 0 Å². The van der Waals surface area contributed by atoms with E-state index in [9.17, 15) is 9.90 Å². The Morgan fingerprint density at radius 2 is 1.58 bits per heavy atom. The number of rotatable bonds is 5. The fraction of sp³-hybridized carbons (Fsp3) is 0.190. The highest BCUT2D eigenvalue weighted by molar-refractivity contribution is 6.08. The molecule has 26 heavy (non-hydrogen) atoms. The summed E-state index contributed by atoms with van der Waals surface area (Å²) < 4.78 is 15.6. The second kappa shape index (κ2) is 7.35. The quantitative estimate of drug-likeness (QED) is 0.689. The van der Waals surface area contributed by atoms with Crippen LogP contribution in [-0.4, -0.2) is 31.9 Å². The zero-order valence-electron chi connectivity index (χ0n) is 14.9. The topological polar surface area (TPSA) is 65.0 Å². The Labute approximate surface area is 151 Å². The smallest absolute Gasteiger partial charge is 0.341 e. The maximum absolute atomic E-state index is 12.3. The molecular weight excluding hydrogens is 332 g/mol. The van der Waals surface area contributed by atoms with E-state index in [4.69, 9.17) is 14.2 Å². The number of phenols is 1. The first kappa shape index (κ1) is 17.6. The number of phenolic OH excluding ortho intramolecular Hbond substituents is 1. The van der Waals surface area contributed by atoms with Gasteiger partial charge >= 0.3 is 5.97 Å². The molecule has 0 amide bonds. The molecule has 0 radical (unpaired) electrons. The van der Waals surface area contributed by atoms with Gasteiger partial charge < -0.3 is 19.3 Å². The van der Waals surface area contributed by atoms with E-state index < -0.39 is 5.97 Å². The number of ether oxygens (including phenoxy) is 3. The fourth-order valence-electron chi connectivity index (χ4n) is 2.89. The van der Waals surface area contributed by atoms with E-state index in [0.717, 1.165) is 22.3 Å². The SMILES string of the molecule is CCOC(=O)c1cc(-c2ccc(OC)cc2)c2cc(OC)ccc2c1O. The summed E-state index contributed by atoms with van der Waals surface area (Å²) in [5.41, 5.74) is 1.81. The van der Waals surface area contributed by atoms with Gasteiger partial charge in [-0.1, -0.05) is 12.1 Å². The molecule has 134 valence electrons. The lowest BCUT2D eigenvalue weighted by Gasteiger charge is -2.14. The van der Waals surface area contributed by atoms with Crippen LogP contribution in [0, 0.1) is 0 Å². The molecule has 1 N–H and O–H groups in total. The molecule has 3 aromatic carbocycles. The summed E-state index contributed by atoms with van der Waals surface area (Å²) >= 11 is 0. The number of benzene rings is 3. The summed E-state index contributed by atoms with van der Waals surface area (Å²) in [5.74, 6) is 0.742. The Bertz CT molecular complexity index is 945. The number of esters is 1. The molecule has 0 aliphatic rings. The third-order valence-corrected chi connectivity index (χ3v) is 4.21. The van der Waals surface area contributed by atoms with Gasteiger partial charge in [-0.2, -0.15) is 0 Å². The standard InChI is InChI=1S/C21H20O5/c1-4-26-21(23)19-12-17(13-5-7-14(24-2)8-6-13)18-11-15(25-3)9-10-16(18)20(19)22/h5-12,22H,4H2,1-3H3. The van der Waals surface area contributed by atoms with E-state index in [0.29, 0.717) is 11.1 Å². The maximum Gasteiger partial charge on any atom is 0.341 e. The summed E-state index contributed by atoms with van der Waals surface area (Å²) in [6.07, 6.45) is 0. The average molecular weight is 352 g/mol. The van der Waals surface area contributed by atoms with Gasteiger partial charge in [0.25, 0.3) is 0 Å². The molecule has 0 fully saturated rings. The monoisotopic (exact) mass is 352 g/mol. The van der Waals surface area contributed by atoms with Gasteiger partial charge in [0, 0.05) is 5.39 Å². The van der Waals surface area contributed by atoms with E-state index in [-0.39, 0.29) is 17.9 Å². The van der Waals surface area contributed by atoms with Crippen LogP contribution in [-0.2, 0) is 4.74 Å². The number of hydrogen-bond donors (Lipinski definition) is 1. The van der Waals surface area contributed by atoms with Crippen molar-refractivity contribution in [2.45, 2.75) is 6.92 Å². The predicted molar refractivity (Wildman–Crippen MR) is 100 cm³/mol. The molecule has 5 heteroatoms. The van der Waals surface area contributed by atoms with Gasteiger partial charge in [-0.15, -0.1) is 0 Å². The molecule has 0 spiro atoms. The largest absolute Gasteiger partial charge is 0.506 e. The van der Waals surface area contributed by atoms with Crippen molar-refractivity contribution in [3.8, 4) is 28.4 Å². The first-order valence-corrected chi connectivity index (χ1v) is 8.24. The van der Waals surface area contributed by atoms with Crippen molar-refractivity contribution in [1.82, 2.24) is 0 Å². The van der Waals surface area contributed by atoms with Crippen LogP contribution in [0.3, 0.4) is 0 Å². The number of carbonyl (C=O) groups excluding carboxylic acids is 1. The molecule has 0 aliphatic carbocycles. The van der Waals surface area contributed by atoms with Crippen LogP contribution in [0.4, 0.5) is 0 Å². The van der Waals surface area contributed by atoms with Gasteiger partial charge in [0.05, 0.1) is 20.8 Å². The minimum absolute atomic E-state index is 0.0987. The minimum Gasteiger partial charge on any atom is -0.506 e. The normalized spacial score (nSPS) is 10.6. The molecule has 0 saturated carbocycles. The number of carbonyl (C=O) groups is 1. The van der Waals surface area contributed by atoms with Crippen LogP contribution in [0.25, 0.3) is 21.9 Å². The van der Waals surface area contributed by atoms with E-state index >= 15 is 0 Å². The Balaban J connectivity index is 2.29. The molecule has 5 nitrogen and oxygen atoms in total. The van der Waals surface area contributed by atoms with Crippen LogP contribution >= 0.6 is 0 Å². The average Bonchev–Trinajstić information content (AvgIpc) is 2.68. The first-order chi connectivity index (χ1) is 12.6. The molecule has 0 heterocycles. The maximum atomic E-state index is 12.3. The summed E-state index contributed by atoms with van der Waals surface area (Å²) in [6.45, 7) is 1.96. The lowest BCUT2D eigenvalue weighted by Crippen LogP contribution is -2.05. The zero-order chi connectivity index (χ0) is 18.7. The van der Waals surface area contributed by atoms with Crippen molar-refractivity contribution < 1.29 is 24.1 Å². The minimum atomic E-state index is -0.558. The highest BCUT2D eigenvalue weighted by atomic mass is 16.5. The summed E-state index contributed by atoms with van der Waals surface area (Å²) in [6, 6.07) is 14.5. The third-order valence-electron chi connectivity index (χ3n) is 4.21. The number of aromatic hydroxyl groups is 1. The lowest BCUT2D eigenvalue weighted by atomic mass is 9.94. The van der Waals surface area contributed by atoms with Crippen LogP contribution in [0.1, 0.15) is 17.3 Å². The Morgan fingerprint density at radius 1 is 0.923 bits per heavy atom. The van der Waals surface area contributed by atoms with E-state index in [1.54, 1.807) is 39.3 Å². The molecule has 0 atom stereocenters. The van der Waals surface area contributed by atoms with Gasteiger partial charge in [-0.3, -0.25) is 0 Å². The van der Waals surface area contributed by atoms with Crippen LogP contribution in [0.15, 0.2) is 48.5 Å². The van der Waals surface area contributed by atoms with Gasteiger partial charge in [0.1, 0.15) is 22.8 Å². The summed E-state index contributed by atoms with van der Waals surface area (Å²) in [4.78, 5) is 12.3. The van der Waals surface area contributed by atoms with Crippen molar-refractivity contribution in [3.05, 3.63) is 54.1 Å². The highest BCUT2D eigenvalue weighted by Gasteiger charge is 2.19. The molecule has 0 unspecified atom stereocenters. The molecule has 0 aromatic heterocycles. The van der Waals surface area contributed by atoms with Crippen LogP contribution in [0.2, 0.25) is 0 Å². The second-order valence-corrected chi connectivity index (χ2v) is 5.68. The predicted octanol–water partition coefficient (Wildman–Crippen LogP) is 4.41. The lowest BCUT2D eigenvalue weighted by molar-refractivity contribution is 0.0523. The van der Waals surface area contributed by atoms with E-state index in [2.05, 4.69) is 0 Å². The van der Waals surface area contributed by atoms with E-state index in [1.165, 1.54) is 0 Å². The molecule has 3 aromatic rings. The van der Waals surface area contributed by atoms with Crippen molar-refractivity contribution in [2.24, 2.45) is 0 Å². The third kappa shape index (κ3) is 3.16. The molecule has 0 bridgehead atoms. The van der Waals surface area contributed by atoms with Gasteiger partial charge in [0.15, 0.2) is 0 Å². The molecule has 0 aliphatic heterocycles. The van der Waals surface area contributed by atoms with Crippen molar-refractivity contribution >= 4 is 16.7 Å². The number of fused-ring (bicyclic) bond motifs is 1. The molecule has 3 rings (SSSR count). The number of methoxy groups -OCH3 is 2.